The second kappa shape index (κ2) is 5.33. The largest absolute Gasteiger partial charge is 0.381 e. The number of hydrogen-bond acceptors (Lipinski definition) is 2. The van der Waals surface area contributed by atoms with Crippen LogP contribution in [0.3, 0.4) is 0 Å². The van der Waals surface area contributed by atoms with Gasteiger partial charge >= 0.3 is 6.03 Å². The first-order valence-electron chi connectivity index (χ1n) is 6.62. The van der Waals surface area contributed by atoms with Crippen molar-refractivity contribution in [2.45, 2.75) is 38.8 Å². The first kappa shape index (κ1) is 14.1. The molecule has 3 unspecified atom stereocenters. The van der Waals surface area contributed by atoms with Crippen LogP contribution in [0.1, 0.15) is 26.7 Å². The molecule has 19 heavy (non-hydrogen) atoms. The van der Waals surface area contributed by atoms with Crippen LogP contribution in [0.5, 0.6) is 0 Å². The fourth-order valence-corrected chi connectivity index (χ4v) is 2.99. The number of rotatable bonds is 3. The zero-order valence-electron chi connectivity index (χ0n) is 11.6. The number of nitrogens with one attached hydrogen (secondary N) is 1. The van der Waals surface area contributed by atoms with Crippen LogP contribution in [0.2, 0.25) is 0 Å². The van der Waals surface area contributed by atoms with Crippen molar-refractivity contribution in [1.29, 1.82) is 0 Å². The van der Waals surface area contributed by atoms with E-state index in [0.29, 0.717) is 11.8 Å². The molecule has 106 valence electrons. The van der Waals surface area contributed by atoms with E-state index in [1.165, 1.54) is 11.1 Å². The Morgan fingerprint density at radius 1 is 1.53 bits per heavy atom. The molecule has 1 aliphatic carbocycles. The van der Waals surface area contributed by atoms with Crippen molar-refractivity contribution in [3.05, 3.63) is 24.3 Å². The zero-order chi connectivity index (χ0) is 14.2. The van der Waals surface area contributed by atoms with Gasteiger partial charge in [-0.2, -0.15) is 0 Å². The molecule has 4 nitrogen and oxygen atoms in total. The van der Waals surface area contributed by atoms with Crippen molar-refractivity contribution >= 4 is 6.03 Å². The maximum atomic E-state index is 13.6. The lowest BCUT2D eigenvalue weighted by atomic mass is 9.92. The van der Waals surface area contributed by atoms with Gasteiger partial charge in [0.15, 0.2) is 5.83 Å². The Kier molecular flexibility index (Phi) is 3.94. The number of ether oxygens (including phenoxy) is 1. The summed E-state index contributed by atoms with van der Waals surface area (Å²) < 4.78 is 19.1. The standard InChI is InChI=1S/C14H21FN2O2/c1-8(2)11-5-10(6-13(11)19-4)17-7-12(15)9(3)16-14(17)18/h7-8,10-11,13H,3,5-6H2,1-2,4H3,(H,16,18). The number of halogens is 1. The van der Waals surface area contributed by atoms with Crippen molar-refractivity contribution in [3.63, 3.8) is 0 Å². The van der Waals surface area contributed by atoms with E-state index in [1.54, 1.807) is 7.11 Å². The normalized spacial score (nSPS) is 31.7. The number of carbonyl (C=O) groups is 1. The predicted octanol–water partition coefficient (Wildman–Crippen LogP) is 2.79. The quantitative estimate of drug-likeness (QED) is 0.855. The third kappa shape index (κ3) is 2.66. The molecule has 2 rings (SSSR count). The summed E-state index contributed by atoms with van der Waals surface area (Å²) in [6, 6.07) is -0.327. The van der Waals surface area contributed by atoms with Crippen LogP contribution >= 0.6 is 0 Å². The molecular formula is C14H21FN2O2. The lowest BCUT2D eigenvalue weighted by Gasteiger charge is -2.29. The van der Waals surface area contributed by atoms with Crippen LogP contribution in [0.4, 0.5) is 9.18 Å². The Hall–Kier alpha value is -1.36. The third-order valence-electron chi connectivity index (χ3n) is 4.11. The second-order valence-electron chi connectivity index (χ2n) is 5.60. The maximum absolute atomic E-state index is 13.6. The number of nitrogens with zero attached hydrogens (tertiary/aromatic N) is 1. The van der Waals surface area contributed by atoms with E-state index >= 15 is 0 Å². The zero-order valence-corrected chi connectivity index (χ0v) is 11.6. The summed E-state index contributed by atoms with van der Waals surface area (Å²) in [5.74, 6) is 0.387. The SMILES string of the molecule is C=C1NC(=O)N(C2CC(OC)C(C(C)C)C2)C=C1F. The Labute approximate surface area is 113 Å². The van der Waals surface area contributed by atoms with Gasteiger partial charge in [0.25, 0.3) is 0 Å². The highest BCUT2D eigenvalue weighted by molar-refractivity contribution is 5.80. The number of allylic oxidation sites excluding steroid dienone is 1. The van der Waals surface area contributed by atoms with Gasteiger partial charge in [-0.3, -0.25) is 4.90 Å². The number of carbonyl (C=O) groups excluding carboxylic acids is 1. The van der Waals surface area contributed by atoms with E-state index in [9.17, 15) is 9.18 Å². The summed E-state index contributed by atoms with van der Waals surface area (Å²) in [5, 5.41) is 2.44. The summed E-state index contributed by atoms with van der Waals surface area (Å²) in [6.07, 6.45) is 2.95. The Bertz CT molecular complexity index is 420. The number of hydrogen-bond donors (Lipinski definition) is 1. The molecule has 0 bridgehead atoms. The highest BCUT2D eigenvalue weighted by Gasteiger charge is 2.41. The Morgan fingerprint density at radius 2 is 2.21 bits per heavy atom. The van der Waals surface area contributed by atoms with Gasteiger partial charge in [-0.05, 0) is 24.7 Å². The molecule has 1 saturated carbocycles. The lowest BCUT2D eigenvalue weighted by Crippen LogP contribution is -2.44. The molecule has 1 heterocycles. The molecule has 0 spiro atoms. The second-order valence-corrected chi connectivity index (χ2v) is 5.60. The Morgan fingerprint density at radius 3 is 2.74 bits per heavy atom. The highest BCUT2D eigenvalue weighted by atomic mass is 19.1. The average Bonchev–Trinajstić information content (AvgIpc) is 2.77. The minimum absolute atomic E-state index is 0.0174. The topological polar surface area (TPSA) is 41.6 Å². The molecule has 0 saturated heterocycles. The van der Waals surface area contributed by atoms with Crippen molar-refractivity contribution < 1.29 is 13.9 Å². The van der Waals surface area contributed by atoms with E-state index in [4.69, 9.17) is 4.74 Å². The molecule has 1 aliphatic heterocycles. The van der Waals surface area contributed by atoms with Gasteiger partial charge in [0.2, 0.25) is 0 Å². The van der Waals surface area contributed by atoms with Crippen molar-refractivity contribution in [3.8, 4) is 0 Å². The van der Waals surface area contributed by atoms with Crippen LogP contribution < -0.4 is 5.32 Å². The number of amides is 2. The highest BCUT2D eigenvalue weighted by Crippen LogP contribution is 2.37. The molecule has 2 aliphatic rings. The summed E-state index contributed by atoms with van der Waals surface area (Å²) in [6.45, 7) is 7.75. The molecule has 1 N–H and O–H groups in total. The molecule has 0 aromatic carbocycles. The fraction of sp³-hybridized carbons (Fsp3) is 0.643. The molecule has 0 radical (unpaired) electrons. The molecule has 3 atom stereocenters. The Balaban J connectivity index is 2.15. The van der Waals surface area contributed by atoms with Gasteiger partial charge in [0, 0.05) is 19.4 Å². The summed E-state index contributed by atoms with van der Waals surface area (Å²) >= 11 is 0. The average molecular weight is 268 g/mol. The van der Waals surface area contributed by atoms with E-state index in [2.05, 4.69) is 25.7 Å². The molecular weight excluding hydrogens is 247 g/mol. The van der Waals surface area contributed by atoms with Crippen molar-refractivity contribution in [2.75, 3.05) is 7.11 Å². The lowest BCUT2D eigenvalue weighted by molar-refractivity contribution is 0.0530. The van der Waals surface area contributed by atoms with Gasteiger partial charge in [-0.15, -0.1) is 0 Å². The smallest absolute Gasteiger partial charge is 0.326 e. The number of methoxy groups -OCH3 is 1. The van der Waals surface area contributed by atoms with Gasteiger partial charge in [-0.25, -0.2) is 9.18 Å². The van der Waals surface area contributed by atoms with Crippen molar-refractivity contribution in [1.82, 2.24) is 10.2 Å². The van der Waals surface area contributed by atoms with E-state index in [1.807, 2.05) is 0 Å². The summed E-state index contributed by atoms with van der Waals surface area (Å²) in [5.41, 5.74) is 0.0305. The molecule has 0 aromatic heterocycles. The molecule has 2 amide bonds. The van der Waals surface area contributed by atoms with Crippen LogP contribution in [0.15, 0.2) is 24.3 Å². The minimum atomic E-state index is -0.485. The van der Waals surface area contributed by atoms with Gasteiger partial charge in [-0.1, -0.05) is 20.4 Å². The van der Waals surface area contributed by atoms with E-state index < -0.39 is 5.83 Å². The first-order valence-corrected chi connectivity index (χ1v) is 6.62. The van der Waals surface area contributed by atoms with Gasteiger partial charge in [0.05, 0.1) is 11.8 Å². The molecule has 5 heteroatoms. The minimum Gasteiger partial charge on any atom is -0.381 e. The fourth-order valence-electron chi connectivity index (χ4n) is 2.99. The monoisotopic (exact) mass is 268 g/mol. The van der Waals surface area contributed by atoms with Crippen LogP contribution in [0.25, 0.3) is 0 Å². The first-order chi connectivity index (χ1) is 8.93. The van der Waals surface area contributed by atoms with E-state index in [-0.39, 0.29) is 23.9 Å². The summed E-state index contributed by atoms with van der Waals surface area (Å²) in [7, 11) is 1.69. The maximum Gasteiger partial charge on any atom is 0.326 e. The summed E-state index contributed by atoms with van der Waals surface area (Å²) in [4.78, 5) is 13.4. The van der Waals surface area contributed by atoms with E-state index in [0.717, 1.165) is 12.8 Å². The third-order valence-corrected chi connectivity index (χ3v) is 4.11. The van der Waals surface area contributed by atoms with Crippen LogP contribution in [-0.2, 0) is 4.74 Å². The number of urea groups is 1. The van der Waals surface area contributed by atoms with Crippen LogP contribution in [0, 0.1) is 11.8 Å². The molecule has 0 aromatic rings. The van der Waals surface area contributed by atoms with Crippen LogP contribution in [-0.4, -0.2) is 30.2 Å². The van der Waals surface area contributed by atoms with Gasteiger partial charge < -0.3 is 10.1 Å². The molecule has 1 fully saturated rings. The predicted molar refractivity (Wildman–Crippen MR) is 70.8 cm³/mol. The van der Waals surface area contributed by atoms with Crippen molar-refractivity contribution in [2.24, 2.45) is 11.8 Å². The van der Waals surface area contributed by atoms with Gasteiger partial charge in [0.1, 0.15) is 0 Å².